The molecule has 2 aromatic rings. The van der Waals surface area contributed by atoms with E-state index in [0.717, 1.165) is 30.8 Å². The average molecular weight is 471 g/mol. The molecule has 3 rings (SSSR count). The Labute approximate surface area is 210 Å². The van der Waals surface area contributed by atoms with Crippen LogP contribution in [-0.2, 0) is 5.41 Å². The molecule has 0 spiro atoms. The van der Waals surface area contributed by atoms with Gasteiger partial charge in [-0.05, 0) is 72.3 Å². The van der Waals surface area contributed by atoms with Crippen LogP contribution in [0.1, 0.15) is 55.6 Å². The highest BCUT2D eigenvalue weighted by atomic mass is 16.1. The van der Waals surface area contributed by atoms with Crippen LogP contribution < -0.4 is 10.6 Å². The predicted octanol–water partition coefficient (Wildman–Crippen LogP) is 6.45. The van der Waals surface area contributed by atoms with Gasteiger partial charge in [0.05, 0.1) is 5.56 Å². The number of allylic oxidation sites excluding steroid dienone is 3. The van der Waals surface area contributed by atoms with Gasteiger partial charge in [-0.15, -0.1) is 0 Å². The van der Waals surface area contributed by atoms with Crippen LogP contribution in [0.4, 0.5) is 11.5 Å². The Morgan fingerprint density at radius 1 is 1.26 bits per heavy atom. The first-order valence-electron chi connectivity index (χ1n) is 12.2. The monoisotopic (exact) mass is 470 g/mol. The molecule has 5 heteroatoms. The number of nitrogens with one attached hydrogen (secondary N) is 2. The van der Waals surface area contributed by atoms with Crippen molar-refractivity contribution >= 4 is 23.0 Å². The number of pyridine rings is 1. The van der Waals surface area contributed by atoms with Gasteiger partial charge in [0.25, 0.3) is 5.91 Å². The summed E-state index contributed by atoms with van der Waals surface area (Å²) in [6.07, 6.45) is 12.7. The first kappa shape index (κ1) is 26.2. The molecule has 0 atom stereocenters. The summed E-state index contributed by atoms with van der Waals surface area (Å²) in [4.78, 5) is 20.0. The van der Waals surface area contributed by atoms with Crippen molar-refractivity contribution < 1.29 is 4.79 Å². The summed E-state index contributed by atoms with van der Waals surface area (Å²) >= 11 is 0. The number of amides is 1. The Hall–Kier alpha value is -3.44. The third-order valence-electron chi connectivity index (χ3n) is 6.07. The van der Waals surface area contributed by atoms with Crippen LogP contribution in [0.25, 0.3) is 5.57 Å². The molecule has 2 N–H and O–H groups in total. The van der Waals surface area contributed by atoms with E-state index in [4.69, 9.17) is 0 Å². The summed E-state index contributed by atoms with van der Waals surface area (Å²) in [5.41, 5.74) is 6.21. The molecule has 0 bridgehead atoms. The van der Waals surface area contributed by atoms with Crippen molar-refractivity contribution in [1.29, 1.82) is 0 Å². The van der Waals surface area contributed by atoms with E-state index in [2.05, 4.69) is 73.1 Å². The summed E-state index contributed by atoms with van der Waals surface area (Å²) in [5, 5.41) is 6.40. The summed E-state index contributed by atoms with van der Waals surface area (Å²) in [7, 11) is 2.14. The van der Waals surface area contributed by atoms with E-state index in [0.29, 0.717) is 17.9 Å². The van der Waals surface area contributed by atoms with Crippen molar-refractivity contribution in [2.45, 2.75) is 39.5 Å². The van der Waals surface area contributed by atoms with Gasteiger partial charge < -0.3 is 15.5 Å². The second-order valence-corrected chi connectivity index (χ2v) is 9.94. The molecule has 0 saturated heterocycles. The number of aromatic nitrogens is 1. The topological polar surface area (TPSA) is 57.3 Å². The highest BCUT2D eigenvalue weighted by Gasteiger charge is 2.22. The number of hydrogen-bond acceptors (Lipinski definition) is 4. The second-order valence-electron chi connectivity index (χ2n) is 9.94. The molecule has 1 aliphatic rings. The molecule has 1 aromatic heterocycles. The number of carbonyl (C=O) groups is 1. The van der Waals surface area contributed by atoms with Crippen molar-refractivity contribution in [3.63, 3.8) is 0 Å². The van der Waals surface area contributed by atoms with Crippen molar-refractivity contribution in [2.75, 3.05) is 37.3 Å². The van der Waals surface area contributed by atoms with Crippen molar-refractivity contribution in [3.8, 4) is 0 Å². The van der Waals surface area contributed by atoms with Gasteiger partial charge in [-0.25, -0.2) is 4.98 Å². The van der Waals surface area contributed by atoms with E-state index in [1.54, 1.807) is 24.4 Å². The molecule has 0 radical (unpaired) electrons. The van der Waals surface area contributed by atoms with Gasteiger partial charge in [0.1, 0.15) is 5.82 Å². The van der Waals surface area contributed by atoms with Crippen molar-refractivity contribution in [1.82, 2.24) is 9.88 Å². The molecular formula is C30H38N4O. The summed E-state index contributed by atoms with van der Waals surface area (Å²) in [6.45, 7) is 15.0. The van der Waals surface area contributed by atoms with Crippen LogP contribution in [0.2, 0.25) is 0 Å². The molecule has 0 aliphatic carbocycles. The molecule has 5 nitrogen and oxygen atoms in total. The third kappa shape index (κ3) is 7.03. The molecule has 1 aromatic carbocycles. The fraction of sp³-hybridized carbons (Fsp3) is 0.333. The van der Waals surface area contributed by atoms with Crippen LogP contribution >= 0.6 is 0 Å². The average Bonchev–Trinajstić information content (AvgIpc) is 2.83. The maximum Gasteiger partial charge on any atom is 0.259 e. The zero-order valence-corrected chi connectivity index (χ0v) is 21.7. The van der Waals surface area contributed by atoms with Crippen LogP contribution in [-0.4, -0.2) is 42.5 Å². The molecular weight excluding hydrogens is 432 g/mol. The quantitative estimate of drug-likeness (QED) is 0.435. The van der Waals surface area contributed by atoms with E-state index in [1.165, 1.54) is 16.7 Å². The molecule has 2 heterocycles. The lowest BCUT2D eigenvalue weighted by molar-refractivity contribution is 0.102. The summed E-state index contributed by atoms with van der Waals surface area (Å²) < 4.78 is 0. The lowest BCUT2D eigenvalue weighted by Crippen LogP contribution is -2.25. The Balaban J connectivity index is 1.86. The van der Waals surface area contributed by atoms with E-state index in [1.807, 2.05) is 31.2 Å². The minimum atomic E-state index is -0.187. The smallest absolute Gasteiger partial charge is 0.259 e. The zero-order valence-electron chi connectivity index (χ0n) is 21.7. The Bertz CT molecular complexity index is 1150. The lowest BCUT2D eigenvalue weighted by Gasteiger charge is -2.28. The maximum absolute atomic E-state index is 13.3. The molecule has 0 fully saturated rings. The van der Waals surface area contributed by atoms with Crippen molar-refractivity contribution in [3.05, 3.63) is 95.8 Å². The highest BCUT2D eigenvalue weighted by molar-refractivity contribution is 6.07. The first-order chi connectivity index (χ1) is 16.7. The number of carbonyl (C=O) groups excluding carboxylic acids is 1. The summed E-state index contributed by atoms with van der Waals surface area (Å²) in [6, 6.07) is 9.84. The molecule has 1 amide bonds. The van der Waals surface area contributed by atoms with Crippen LogP contribution in [0.15, 0.2) is 79.1 Å². The van der Waals surface area contributed by atoms with Crippen LogP contribution in [0, 0.1) is 0 Å². The Kier molecular flexibility index (Phi) is 8.83. The number of rotatable bonds is 8. The van der Waals surface area contributed by atoms with Gasteiger partial charge in [0.2, 0.25) is 0 Å². The van der Waals surface area contributed by atoms with Gasteiger partial charge in [0, 0.05) is 31.5 Å². The Morgan fingerprint density at radius 3 is 2.71 bits per heavy atom. The molecule has 1 aliphatic heterocycles. The van der Waals surface area contributed by atoms with E-state index in [9.17, 15) is 4.79 Å². The number of anilines is 2. The fourth-order valence-corrected chi connectivity index (χ4v) is 4.21. The van der Waals surface area contributed by atoms with Crippen LogP contribution in [0.5, 0.6) is 0 Å². The predicted molar refractivity (Wildman–Crippen MR) is 149 cm³/mol. The normalized spacial score (nSPS) is 15.1. The van der Waals surface area contributed by atoms with E-state index in [-0.39, 0.29) is 11.3 Å². The number of hydrogen-bond donors (Lipinski definition) is 2. The van der Waals surface area contributed by atoms with E-state index < -0.39 is 0 Å². The van der Waals surface area contributed by atoms with Crippen molar-refractivity contribution in [2.24, 2.45) is 0 Å². The Morgan fingerprint density at radius 2 is 2.06 bits per heavy atom. The standard InChI is InChI=1S/C30H38N4O/c1-7-10-22(11-8-2)21-32-28-25(12-9-17-31-28)29(35)33-24-13-14-27(30(3,4)5)26(20-24)23-15-18-34(6)19-16-23/h7-15,17,20H,1,16,18-19,21H2,2-6H3,(H,31,32)(H,33,35)/b11-8-,22-10+. The van der Waals surface area contributed by atoms with Crippen LogP contribution in [0.3, 0.4) is 0 Å². The van der Waals surface area contributed by atoms with Gasteiger partial charge in [-0.3, -0.25) is 4.79 Å². The van der Waals surface area contributed by atoms with Gasteiger partial charge in [-0.2, -0.15) is 0 Å². The fourth-order valence-electron chi connectivity index (χ4n) is 4.21. The highest BCUT2D eigenvalue weighted by Crippen LogP contribution is 2.35. The third-order valence-corrected chi connectivity index (χ3v) is 6.07. The summed E-state index contributed by atoms with van der Waals surface area (Å²) in [5.74, 6) is 0.363. The minimum Gasteiger partial charge on any atom is -0.365 e. The molecule has 35 heavy (non-hydrogen) atoms. The lowest BCUT2D eigenvalue weighted by atomic mass is 9.80. The first-order valence-corrected chi connectivity index (χ1v) is 12.2. The molecule has 184 valence electrons. The minimum absolute atomic E-state index is 0.00605. The van der Waals surface area contributed by atoms with E-state index >= 15 is 0 Å². The maximum atomic E-state index is 13.3. The largest absolute Gasteiger partial charge is 0.365 e. The van der Waals surface area contributed by atoms with Gasteiger partial charge in [-0.1, -0.05) is 63.8 Å². The van der Waals surface area contributed by atoms with Gasteiger partial charge >= 0.3 is 0 Å². The van der Waals surface area contributed by atoms with Gasteiger partial charge in [0.15, 0.2) is 0 Å². The molecule has 0 saturated carbocycles. The number of likely N-dealkylation sites (N-methyl/N-ethyl adjacent to an activating group) is 1. The SMILES string of the molecule is C=C/C=C(\C=C/C)CNc1ncccc1C(=O)Nc1ccc(C(C)(C)C)c(C2=CCN(C)CC2)c1. The number of nitrogens with zero attached hydrogens (tertiary/aromatic N) is 2. The second kappa shape index (κ2) is 11.8. The molecule has 0 unspecified atom stereocenters. The zero-order chi connectivity index (χ0) is 25.4. The number of benzene rings is 1.